The summed E-state index contributed by atoms with van der Waals surface area (Å²) < 4.78 is 5.57. The maximum atomic E-state index is 12.4. The standard InChI is InChI=1S/C19H26N2O2/c1-13-6-5-7-15(20-13)10-14-11-16-8-9-17(12-14)21(16)18(22)23-19(2,3)4/h5-7,11,16-17H,8-10,12H2,1-4H3. The number of hydrogen-bond acceptors (Lipinski definition) is 3. The molecule has 0 aliphatic carbocycles. The van der Waals surface area contributed by atoms with Crippen molar-refractivity contribution in [2.24, 2.45) is 0 Å². The zero-order valence-electron chi connectivity index (χ0n) is 14.5. The van der Waals surface area contributed by atoms with E-state index in [-0.39, 0.29) is 18.2 Å². The minimum Gasteiger partial charge on any atom is -0.444 e. The lowest BCUT2D eigenvalue weighted by Crippen LogP contribution is -2.45. The number of amides is 1. The van der Waals surface area contributed by atoms with E-state index in [1.807, 2.05) is 38.7 Å². The number of carbonyl (C=O) groups is 1. The topological polar surface area (TPSA) is 42.4 Å². The summed E-state index contributed by atoms with van der Waals surface area (Å²) in [4.78, 5) is 19.0. The third-order valence-corrected chi connectivity index (χ3v) is 4.43. The largest absolute Gasteiger partial charge is 0.444 e. The smallest absolute Gasteiger partial charge is 0.411 e. The van der Waals surface area contributed by atoms with E-state index in [0.717, 1.165) is 37.1 Å². The third kappa shape index (κ3) is 3.74. The zero-order chi connectivity index (χ0) is 16.6. The summed E-state index contributed by atoms with van der Waals surface area (Å²) in [6.45, 7) is 7.77. The average Bonchev–Trinajstić information content (AvgIpc) is 2.69. The normalized spacial score (nSPS) is 23.7. The molecule has 2 unspecified atom stereocenters. The number of aromatic nitrogens is 1. The first-order valence-corrected chi connectivity index (χ1v) is 8.45. The van der Waals surface area contributed by atoms with Crippen molar-refractivity contribution in [1.82, 2.24) is 9.88 Å². The minimum absolute atomic E-state index is 0.172. The number of hydrogen-bond donors (Lipinski definition) is 0. The van der Waals surface area contributed by atoms with Crippen molar-refractivity contribution in [3.63, 3.8) is 0 Å². The van der Waals surface area contributed by atoms with Crippen molar-refractivity contribution >= 4 is 6.09 Å². The number of fused-ring (bicyclic) bond motifs is 2. The van der Waals surface area contributed by atoms with Gasteiger partial charge in [-0.1, -0.05) is 17.7 Å². The van der Waals surface area contributed by atoms with Crippen molar-refractivity contribution < 1.29 is 9.53 Å². The van der Waals surface area contributed by atoms with Crippen molar-refractivity contribution in [2.45, 2.75) is 71.1 Å². The summed E-state index contributed by atoms with van der Waals surface area (Å²) >= 11 is 0. The quantitative estimate of drug-likeness (QED) is 0.774. The number of pyridine rings is 1. The first-order chi connectivity index (χ1) is 10.8. The van der Waals surface area contributed by atoms with E-state index in [9.17, 15) is 4.79 Å². The maximum Gasteiger partial charge on any atom is 0.411 e. The van der Waals surface area contributed by atoms with Crippen molar-refractivity contribution in [2.75, 3.05) is 0 Å². The molecule has 2 aliphatic rings. The van der Waals surface area contributed by atoms with Crippen molar-refractivity contribution in [3.8, 4) is 0 Å². The van der Waals surface area contributed by atoms with Gasteiger partial charge in [0.15, 0.2) is 0 Å². The predicted molar refractivity (Wildman–Crippen MR) is 90.3 cm³/mol. The van der Waals surface area contributed by atoms with Gasteiger partial charge in [0.05, 0.1) is 6.04 Å². The Balaban J connectivity index is 1.72. The van der Waals surface area contributed by atoms with Gasteiger partial charge in [-0.3, -0.25) is 9.88 Å². The van der Waals surface area contributed by atoms with E-state index < -0.39 is 5.60 Å². The van der Waals surface area contributed by atoms with Crippen LogP contribution in [-0.2, 0) is 11.2 Å². The lowest BCUT2D eigenvalue weighted by atomic mass is 9.97. The first-order valence-electron chi connectivity index (χ1n) is 8.45. The molecule has 1 amide bonds. The summed E-state index contributed by atoms with van der Waals surface area (Å²) in [6.07, 6.45) is 6.01. The third-order valence-electron chi connectivity index (χ3n) is 4.43. The molecule has 23 heavy (non-hydrogen) atoms. The number of aryl methyl sites for hydroxylation is 1. The number of ether oxygens (including phenoxy) is 1. The molecule has 1 saturated heterocycles. The van der Waals surface area contributed by atoms with Crippen molar-refractivity contribution in [1.29, 1.82) is 0 Å². The lowest BCUT2D eigenvalue weighted by Gasteiger charge is -2.35. The second-order valence-corrected chi connectivity index (χ2v) is 7.66. The molecule has 1 fully saturated rings. The van der Waals surface area contributed by atoms with Crippen LogP contribution < -0.4 is 0 Å². The second kappa shape index (κ2) is 5.99. The van der Waals surface area contributed by atoms with E-state index in [1.54, 1.807) is 0 Å². The molecule has 3 rings (SSSR count). The highest BCUT2D eigenvalue weighted by Crippen LogP contribution is 2.36. The second-order valence-electron chi connectivity index (χ2n) is 7.66. The van der Waals surface area contributed by atoms with E-state index in [2.05, 4.69) is 23.2 Å². The molecule has 124 valence electrons. The molecule has 2 bridgehead atoms. The van der Waals surface area contributed by atoms with Gasteiger partial charge >= 0.3 is 6.09 Å². The molecule has 2 aliphatic heterocycles. The first kappa shape index (κ1) is 16.0. The Labute approximate surface area is 138 Å². The fourth-order valence-electron chi connectivity index (χ4n) is 3.58. The molecule has 1 aromatic heterocycles. The molecular weight excluding hydrogens is 288 g/mol. The molecule has 3 heterocycles. The van der Waals surface area contributed by atoms with E-state index in [4.69, 9.17) is 4.74 Å². The van der Waals surface area contributed by atoms with Crippen LogP contribution in [0.15, 0.2) is 29.8 Å². The van der Waals surface area contributed by atoms with Gasteiger partial charge in [0.1, 0.15) is 5.60 Å². The molecule has 0 saturated carbocycles. The van der Waals surface area contributed by atoms with Crippen molar-refractivity contribution in [3.05, 3.63) is 41.2 Å². The van der Waals surface area contributed by atoms with Crippen LogP contribution in [0.4, 0.5) is 4.79 Å². The van der Waals surface area contributed by atoms with Crippen LogP contribution in [0.3, 0.4) is 0 Å². The predicted octanol–water partition coefficient (Wildman–Crippen LogP) is 4.03. The average molecular weight is 314 g/mol. The number of carbonyl (C=O) groups excluding carboxylic acids is 1. The van der Waals surface area contributed by atoms with Gasteiger partial charge in [-0.05, 0) is 59.1 Å². The molecule has 4 nitrogen and oxygen atoms in total. The number of rotatable bonds is 2. The van der Waals surface area contributed by atoms with Crippen LogP contribution in [0.1, 0.15) is 51.4 Å². The highest BCUT2D eigenvalue weighted by Gasteiger charge is 2.41. The van der Waals surface area contributed by atoms with E-state index in [0.29, 0.717) is 0 Å². The minimum atomic E-state index is -0.438. The van der Waals surface area contributed by atoms with Crippen LogP contribution in [0, 0.1) is 6.92 Å². The Morgan fingerprint density at radius 2 is 2.13 bits per heavy atom. The Bertz CT molecular complexity index is 631. The molecule has 0 spiro atoms. The highest BCUT2D eigenvalue weighted by molar-refractivity contribution is 5.70. The maximum absolute atomic E-state index is 12.4. The van der Waals surface area contributed by atoms with Crippen LogP contribution in [-0.4, -0.2) is 33.7 Å². The van der Waals surface area contributed by atoms with Gasteiger partial charge in [0.2, 0.25) is 0 Å². The van der Waals surface area contributed by atoms with Crippen LogP contribution in [0.25, 0.3) is 0 Å². The van der Waals surface area contributed by atoms with Gasteiger partial charge in [-0.15, -0.1) is 0 Å². The molecule has 4 heteroatoms. The fraction of sp³-hybridized carbons (Fsp3) is 0.579. The summed E-state index contributed by atoms with van der Waals surface area (Å²) in [5, 5.41) is 0. The highest BCUT2D eigenvalue weighted by atomic mass is 16.6. The molecule has 2 atom stereocenters. The Morgan fingerprint density at radius 1 is 1.35 bits per heavy atom. The fourth-order valence-corrected chi connectivity index (χ4v) is 3.58. The summed E-state index contributed by atoms with van der Waals surface area (Å²) in [5.41, 5.74) is 3.13. The monoisotopic (exact) mass is 314 g/mol. The summed E-state index contributed by atoms with van der Waals surface area (Å²) in [6, 6.07) is 6.62. The van der Waals surface area contributed by atoms with Crippen LogP contribution in [0.2, 0.25) is 0 Å². The SMILES string of the molecule is Cc1cccc(CC2=CC3CCC(C2)N3C(=O)OC(C)(C)C)n1. The van der Waals surface area contributed by atoms with Gasteiger partial charge in [-0.2, -0.15) is 0 Å². The summed E-state index contributed by atoms with van der Waals surface area (Å²) in [5.74, 6) is 0. The van der Waals surface area contributed by atoms with Gasteiger partial charge in [-0.25, -0.2) is 4.79 Å². The van der Waals surface area contributed by atoms with E-state index in [1.165, 1.54) is 5.57 Å². The Kier molecular flexibility index (Phi) is 4.17. The van der Waals surface area contributed by atoms with Gasteiger partial charge in [0, 0.05) is 23.9 Å². The molecule has 0 radical (unpaired) electrons. The Morgan fingerprint density at radius 3 is 2.78 bits per heavy atom. The van der Waals surface area contributed by atoms with E-state index >= 15 is 0 Å². The number of nitrogens with zero attached hydrogens (tertiary/aromatic N) is 2. The van der Waals surface area contributed by atoms with Crippen LogP contribution in [0.5, 0.6) is 0 Å². The Hall–Kier alpha value is -1.84. The van der Waals surface area contributed by atoms with Gasteiger partial charge < -0.3 is 4.74 Å². The molecule has 0 N–H and O–H groups in total. The molecule has 0 aromatic carbocycles. The van der Waals surface area contributed by atoms with Crippen LogP contribution >= 0.6 is 0 Å². The van der Waals surface area contributed by atoms with Gasteiger partial charge in [0.25, 0.3) is 0 Å². The summed E-state index contributed by atoms with van der Waals surface area (Å²) in [7, 11) is 0. The molecule has 1 aromatic rings. The molecular formula is C19H26N2O2. The lowest BCUT2D eigenvalue weighted by molar-refractivity contribution is 0.0166. The zero-order valence-corrected chi connectivity index (χ0v) is 14.5.